The van der Waals surface area contributed by atoms with Crippen molar-refractivity contribution in [2.45, 2.75) is 42.7 Å². The minimum atomic E-state index is -4.24. The molecule has 16 nitrogen and oxygen atoms in total. The molecule has 2 aliphatic heterocycles. The van der Waals surface area contributed by atoms with Crippen LogP contribution >= 0.6 is 0 Å². The second-order valence-corrected chi connectivity index (χ2v) is 11.2. The number of carbonyl (C=O) groups excluding carboxylic acids is 4. The van der Waals surface area contributed by atoms with E-state index in [0.29, 0.717) is 5.56 Å². The lowest BCUT2D eigenvalue weighted by Crippen LogP contribution is -2.58. The van der Waals surface area contributed by atoms with Gasteiger partial charge in [0, 0.05) is 12.1 Å². The summed E-state index contributed by atoms with van der Waals surface area (Å²) in [6.07, 6.45) is -0.349. The second-order valence-electron chi connectivity index (χ2n) is 8.68. The van der Waals surface area contributed by atoms with Gasteiger partial charge in [0.25, 0.3) is 5.69 Å². The van der Waals surface area contributed by atoms with Crippen LogP contribution in [-0.2, 0) is 46.8 Å². The van der Waals surface area contributed by atoms with Crippen LogP contribution in [0, 0.1) is 10.1 Å². The minimum absolute atomic E-state index is 0.177. The highest BCUT2D eigenvalue weighted by molar-refractivity contribution is 7.93. The molecule has 0 saturated carbocycles. The number of methoxy groups -OCH3 is 2. The highest BCUT2D eigenvalue weighted by atomic mass is 32.2. The molecule has 1 amide bonds. The number of nitrogens with zero attached hydrogens (tertiary/aromatic N) is 5. The number of nitro benzene ring substituents is 1. The summed E-state index contributed by atoms with van der Waals surface area (Å²) in [7, 11) is -2.18. The van der Waals surface area contributed by atoms with Crippen molar-refractivity contribution in [3.63, 3.8) is 0 Å². The zero-order chi connectivity index (χ0) is 28.0. The third kappa shape index (κ3) is 4.04. The van der Waals surface area contributed by atoms with Gasteiger partial charge in [-0.3, -0.25) is 14.9 Å². The zero-order valence-electron chi connectivity index (χ0n) is 20.2. The summed E-state index contributed by atoms with van der Waals surface area (Å²) in [6.45, 7) is 0.174. The molecule has 2 aliphatic rings. The Balaban J connectivity index is 1.68. The molecule has 0 spiro atoms. The molecule has 1 aromatic carbocycles. The molecule has 0 bridgehead atoms. The normalized spacial score (nSPS) is 23.2. The molecule has 4 rings (SSSR count). The molecule has 2 aromatic rings. The van der Waals surface area contributed by atoms with Gasteiger partial charge in [0.1, 0.15) is 16.7 Å². The molecule has 202 valence electrons. The number of aromatic nitrogens is 3. The molecule has 3 heterocycles. The van der Waals surface area contributed by atoms with Crippen LogP contribution in [-0.4, -0.2) is 87.4 Å². The van der Waals surface area contributed by atoms with Crippen LogP contribution in [0.25, 0.3) is 0 Å². The van der Waals surface area contributed by atoms with Crippen LogP contribution in [0.5, 0.6) is 0 Å². The fraction of sp³-hybridized carbons (Fsp3) is 0.429. The summed E-state index contributed by atoms with van der Waals surface area (Å²) in [6, 6.07) is 3.51. The molecule has 1 aromatic heterocycles. The van der Waals surface area contributed by atoms with Gasteiger partial charge in [-0.05, 0) is 24.6 Å². The van der Waals surface area contributed by atoms with Crippen molar-refractivity contribution in [1.82, 2.24) is 19.9 Å². The van der Waals surface area contributed by atoms with E-state index in [4.69, 9.17) is 4.74 Å². The molecule has 0 N–H and O–H groups in total. The highest BCUT2D eigenvalue weighted by Gasteiger charge is 2.70. The number of ether oxygens (including phenoxy) is 3. The number of sulfone groups is 1. The number of carbonyl (C=O) groups is 4. The molecule has 38 heavy (non-hydrogen) atoms. The van der Waals surface area contributed by atoms with Crippen LogP contribution < -0.4 is 0 Å². The summed E-state index contributed by atoms with van der Waals surface area (Å²) in [5.41, 5.74) is -0.835. The number of amides is 1. The van der Waals surface area contributed by atoms with Gasteiger partial charge in [0.2, 0.25) is 11.6 Å². The first-order chi connectivity index (χ1) is 17.9. The summed E-state index contributed by atoms with van der Waals surface area (Å²) in [5, 5.41) is 16.9. The van der Waals surface area contributed by atoms with Crippen molar-refractivity contribution >= 4 is 39.3 Å². The van der Waals surface area contributed by atoms with Crippen molar-refractivity contribution in [3.8, 4) is 0 Å². The maximum absolute atomic E-state index is 13.5. The van der Waals surface area contributed by atoms with Gasteiger partial charge in [-0.25, -0.2) is 27.5 Å². The number of rotatable bonds is 8. The van der Waals surface area contributed by atoms with Gasteiger partial charge in [-0.2, -0.15) is 0 Å². The standard InChI is InChI=1S/C21H21N5O11S/c1-21(10-24-16(19(29)36-3)15(22-23-24)18(28)35-2)17(25-13(27)8-14(25)38(21,33)34)20(30)37-9-11-4-6-12(7-5-11)26(31)32/h4-7,14,17H,8-10H2,1-3H3/t14-,17-,21-/m0/s1. The number of hydrogen-bond donors (Lipinski definition) is 0. The fourth-order valence-electron chi connectivity index (χ4n) is 4.47. The van der Waals surface area contributed by atoms with Crippen LogP contribution in [0.3, 0.4) is 0 Å². The highest BCUT2D eigenvalue weighted by Crippen LogP contribution is 2.47. The number of hydrogen-bond acceptors (Lipinski definition) is 13. The largest absolute Gasteiger partial charge is 0.464 e. The Kier molecular flexibility index (Phi) is 6.64. The first-order valence-corrected chi connectivity index (χ1v) is 12.5. The minimum Gasteiger partial charge on any atom is -0.464 e. The first kappa shape index (κ1) is 26.6. The van der Waals surface area contributed by atoms with E-state index >= 15 is 0 Å². The lowest BCUT2D eigenvalue weighted by molar-refractivity contribution is -0.384. The molecule has 0 radical (unpaired) electrons. The van der Waals surface area contributed by atoms with Crippen LogP contribution in [0.1, 0.15) is 39.9 Å². The summed E-state index contributed by atoms with van der Waals surface area (Å²) in [4.78, 5) is 61.3. The Labute approximate surface area is 214 Å². The Morgan fingerprint density at radius 2 is 1.79 bits per heavy atom. The average molecular weight is 551 g/mol. The van der Waals surface area contributed by atoms with Crippen molar-refractivity contribution in [2.24, 2.45) is 0 Å². The molecular formula is C21H21N5O11S. The summed E-state index contributed by atoms with van der Waals surface area (Å²) < 4.78 is 40.4. The molecule has 2 saturated heterocycles. The molecule has 0 unspecified atom stereocenters. The van der Waals surface area contributed by atoms with E-state index < -0.39 is 72.7 Å². The number of fused-ring (bicyclic) bond motifs is 1. The van der Waals surface area contributed by atoms with Crippen LogP contribution in [0.4, 0.5) is 5.69 Å². The fourth-order valence-corrected chi connectivity index (χ4v) is 6.82. The van der Waals surface area contributed by atoms with Crippen molar-refractivity contribution in [2.75, 3.05) is 14.2 Å². The molecular weight excluding hydrogens is 530 g/mol. The third-order valence-corrected chi connectivity index (χ3v) is 9.28. The number of β-lactam (4-membered cyclic amide) rings is 1. The van der Waals surface area contributed by atoms with E-state index in [1.807, 2.05) is 0 Å². The second kappa shape index (κ2) is 9.47. The van der Waals surface area contributed by atoms with Gasteiger partial charge in [0.15, 0.2) is 21.6 Å². The van der Waals surface area contributed by atoms with Crippen molar-refractivity contribution in [3.05, 3.63) is 51.3 Å². The number of nitro groups is 1. The molecule has 2 fully saturated rings. The van der Waals surface area contributed by atoms with E-state index in [1.54, 1.807) is 0 Å². The van der Waals surface area contributed by atoms with Crippen molar-refractivity contribution < 1.29 is 46.7 Å². The van der Waals surface area contributed by atoms with E-state index in [9.17, 15) is 37.7 Å². The Morgan fingerprint density at radius 1 is 1.16 bits per heavy atom. The lowest BCUT2D eigenvalue weighted by Gasteiger charge is -2.36. The number of esters is 3. The van der Waals surface area contributed by atoms with Gasteiger partial charge in [-0.1, -0.05) is 5.21 Å². The monoisotopic (exact) mass is 551 g/mol. The van der Waals surface area contributed by atoms with E-state index in [1.165, 1.54) is 31.2 Å². The maximum Gasteiger partial charge on any atom is 0.361 e. The number of non-ortho nitro benzene ring substituents is 1. The van der Waals surface area contributed by atoms with E-state index in [-0.39, 0.29) is 18.7 Å². The lowest BCUT2D eigenvalue weighted by atomic mass is 9.96. The Morgan fingerprint density at radius 3 is 2.34 bits per heavy atom. The Hall–Kier alpha value is -4.41. The smallest absolute Gasteiger partial charge is 0.361 e. The molecule has 3 atom stereocenters. The predicted molar refractivity (Wildman–Crippen MR) is 122 cm³/mol. The summed E-state index contributed by atoms with van der Waals surface area (Å²) in [5.74, 6) is -3.75. The SMILES string of the molecule is COC(=O)c1nnn(C[C@@]2(C)[C@H](C(=O)OCc3ccc([N+](=O)[O-])cc3)N3C(=O)C[C@@H]3S2(=O)=O)c1C(=O)OC. The first-order valence-electron chi connectivity index (χ1n) is 10.9. The zero-order valence-corrected chi connectivity index (χ0v) is 21.0. The van der Waals surface area contributed by atoms with Crippen molar-refractivity contribution in [1.29, 1.82) is 0 Å². The van der Waals surface area contributed by atoms with Crippen LogP contribution in [0.15, 0.2) is 24.3 Å². The van der Waals surface area contributed by atoms with Gasteiger partial charge in [0.05, 0.1) is 32.1 Å². The quantitative estimate of drug-likeness (QED) is 0.135. The van der Waals surface area contributed by atoms with E-state index in [0.717, 1.165) is 23.8 Å². The van der Waals surface area contributed by atoms with Gasteiger partial charge in [-0.15, -0.1) is 5.10 Å². The summed E-state index contributed by atoms with van der Waals surface area (Å²) >= 11 is 0. The number of benzene rings is 1. The van der Waals surface area contributed by atoms with E-state index in [2.05, 4.69) is 19.8 Å². The van der Waals surface area contributed by atoms with Gasteiger partial charge >= 0.3 is 17.9 Å². The van der Waals surface area contributed by atoms with Gasteiger partial charge < -0.3 is 19.1 Å². The Bertz CT molecular complexity index is 1450. The maximum atomic E-state index is 13.5. The predicted octanol–water partition coefficient (Wildman–Crippen LogP) is -0.383. The molecule has 0 aliphatic carbocycles. The topological polar surface area (TPSA) is 207 Å². The third-order valence-electron chi connectivity index (χ3n) is 6.52. The molecule has 17 heteroatoms. The average Bonchev–Trinajstić information content (AvgIpc) is 3.35. The van der Waals surface area contributed by atoms with Crippen LogP contribution in [0.2, 0.25) is 0 Å².